The number of nitrogens with one attached hydrogen (secondary N) is 1. The second-order valence-electron chi connectivity index (χ2n) is 4.72. The first-order valence-electron chi connectivity index (χ1n) is 6.88. The third-order valence-corrected chi connectivity index (χ3v) is 3.56. The van der Waals surface area contributed by atoms with Gasteiger partial charge in [-0.2, -0.15) is 5.26 Å². The lowest BCUT2D eigenvalue weighted by atomic mass is 10.1. The van der Waals surface area contributed by atoms with Crippen molar-refractivity contribution in [3.63, 3.8) is 0 Å². The molecule has 0 radical (unpaired) electrons. The van der Waals surface area contributed by atoms with Crippen molar-refractivity contribution in [2.45, 2.75) is 6.42 Å². The molecule has 0 saturated heterocycles. The highest BCUT2D eigenvalue weighted by Gasteiger charge is 2.08. The van der Waals surface area contributed by atoms with E-state index in [0.717, 1.165) is 22.0 Å². The molecule has 3 nitrogen and oxygen atoms in total. The van der Waals surface area contributed by atoms with Crippen LogP contribution in [0.3, 0.4) is 0 Å². The van der Waals surface area contributed by atoms with Crippen LogP contribution in [-0.2, 0) is 11.2 Å². The van der Waals surface area contributed by atoms with E-state index in [2.05, 4.69) is 21.2 Å². The maximum Gasteiger partial charge on any atom is 0.261 e. The lowest BCUT2D eigenvalue weighted by molar-refractivity contribution is -0.117. The summed E-state index contributed by atoms with van der Waals surface area (Å²) in [6.45, 7) is 0.500. The summed E-state index contributed by atoms with van der Waals surface area (Å²) in [5.41, 5.74) is 2.06. The molecule has 0 spiro atoms. The number of benzene rings is 2. The molecule has 0 bridgehead atoms. The quantitative estimate of drug-likeness (QED) is 0.657. The van der Waals surface area contributed by atoms with Gasteiger partial charge in [0.2, 0.25) is 0 Å². The summed E-state index contributed by atoms with van der Waals surface area (Å²) in [4.78, 5) is 12.0. The fourth-order valence-electron chi connectivity index (χ4n) is 1.97. The molecule has 4 heteroatoms. The normalized spacial score (nSPS) is 10.8. The van der Waals surface area contributed by atoms with Gasteiger partial charge in [-0.1, -0.05) is 58.4 Å². The van der Waals surface area contributed by atoms with Gasteiger partial charge in [-0.25, -0.2) is 0 Å². The van der Waals surface area contributed by atoms with Crippen LogP contribution in [0.4, 0.5) is 0 Å². The minimum Gasteiger partial charge on any atom is -0.351 e. The molecule has 0 saturated carbocycles. The summed E-state index contributed by atoms with van der Waals surface area (Å²) in [5, 5.41) is 11.9. The summed E-state index contributed by atoms with van der Waals surface area (Å²) >= 11 is 3.37. The topological polar surface area (TPSA) is 52.9 Å². The molecule has 2 aromatic rings. The van der Waals surface area contributed by atoms with E-state index in [-0.39, 0.29) is 11.5 Å². The lowest BCUT2D eigenvalue weighted by Gasteiger charge is -2.04. The largest absolute Gasteiger partial charge is 0.351 e. The minimum absolute atomic E-state index is 0.103. The molecular weight excluding hydrogens is 340 g/mol. The molecular formula is C18H15BrN2O. The highest BCUT2D eigenvalue weighted by Crippen LogP contribution is 2.14. The van der Waals surface area contributed by atoms with E-state index in [1.54, 1.807) is 6.08 Å². The first-order valence-corrected chi connectivity index (χ1v) is 7.68. The second-order valence-corrected chi connectivity index (χ2v) is 5.63. The third-order valence-electron chi connectivity index (χ3n) is 3.07. The van der Waals surface area contributed by atoms with Crippen molar-refractivity contribution in [1.82, 2.24) is 5.32 Å². The highest BCUT2D eigenvalue weighted by molar-refractivity contribution is 9.10. The van der Waals surface area contributed by atoms with Crippen LogP contribution in [0.1, 0.15) is 11.1 Å². The number of nitrogens with zero attached hydrogens (tertiary/aromatic N) is 1. The van der Waals surface area contributed by atoms with Gasteiger partial charge in [0.1, 0.15) is 11.6 Å². The van der Waals surface area contributed by atoms with Crippen molar-refractivity contribution < 1.29 is 4.79 Å². The number of halogens is 1. The molecule has 2 aromatic carbocycles. The highest BCUT2D eigenvalue weighted by atomic mass is 79.9. The van der Waals surface area contributed by atoms with Gasteiger partial charge in [0.15, 0.2) is 0 Å². The molecule has 1 amide bonds. The van der Waals surface area contributed by atoms with Crippen LogP contribution >= 0.6 is 15.9 Å². The van der Waals surface area contributed by atoms with Gasteiger partial charge >= 0.3 is 0 Å². The zero-order valence-electron chi connectivity index (χ0n) is 11.9. The van der Waals surface area contributed by atoms with Crippen molar-refractivity contribution in [3.05, 3.63) is 75.8 Å². The number of nitriles is 1. The predicted molar refractivity (Wildman–Crippen MR) is 90.9 cm³/mol. The Labute approximate surface area is 138 Å². The Morgan fingerprint density at radius 2 is 1.95 bits per heavy atom. The molecule has 0 aromatic heterocycles. The maximum atomic E-state index is 12.0. The monoisotopic (exact) mass is 354 g/mol. The van der Waals surface area contributed by atoms with Gasteiger partial charge in [0, 0.05) is 11.0 Å². The van der Waals surface area contributed by atoms with E-state index < -0.39 is 0 Å². The zero-order chi connectivity index (χ0) is 15.8. The average Bonchev–Trinajstić information content (AvgIpc) is 2.53. The van der Waals surface area contributed by atoms with Gasteiger partial charge < -0.3 is 5.32 Å². The number of amides is 1. The van der Waals surface area contributed by atoms with E-state index in [0.29, 0.717) is 6.54 Å². The second kappa shape index (κ2) is 8.16. The SMILES string of the molecule is N#C/C(=C/c1cccc(Br)c1)C(=O)NCCc1ccccc1. The molecule has 0 unspecified atom stereocenters. The van der Waals surface area contributed by atoms with Crippen LogP contribution < -0.4 is 5.32 Å². The third kappa shape index (κ3) is 4.87. The van der Waals surface area contributed by atoms with E-state index >= 15 is 0 Å². The molecule has 1 N–H and O–H groups in total. The Hall–Kier alpha value is -2.38. The van der Waals surface area contributed by atoms with Crippen LogP contribution in [0, 0.1) is 11.3 Å². The Kier molecular flexibility index (Phi) is 5.93. The smallest absolute Gasteiger partial charge is 0.261 e. The average molecular weight is 355 g/mol. The standard InChI is InChI=1S/C18H15BrN2O/c19-17-8-4-7-15(12-17)11-16(13-20)18(22)21-10-9-14-5-2-1-3-6-14/h1-8,11-12H,9-10H2,(H,21,22)/b16-11-. The van der Waals surface area contributed by atoms with Crippen molar-refractivity contribution in [1.29, 1.82) is 5.26 Å². The van der Waals surface area contributed by atoms with Crippen LogP contribution in [0.15, 0.2) is 64.6 Å². The molecule has 0 atom stereocenters. The van der Waals surface area contributed by atoms with Gasteiger partial charge in [0.05, 0.1) is 0 Å². The van der Waals surface area contributed by atoms with Gasteiger partial charge in [-0.3, -0.25) is 4.79 Å². The van der Waals surface area contributed by atoms with E-state index in [9.17, 15) is 4.79 Å². The maximum absolute atomic E-state index is 12.0. The number of hydrogen-bond acceptors (Lipinski definition) is 2. The Balaban J connectivity index is 1.96. The molecule has 0 fully saturated rings. The Bertz CT molecular complexity index is 717. The lowest BCUT2D eigenvalue weighted by Crippen LogP contribution is -2.26. The predicted octanol–water partition coefficient (Wildman–Crippen LogP) is 3.71. The molecule has 0 heterocycles. The van der Waals surface area contributed by atoms with Crippen LogP contribution in [0.25, 0.3) is 6.08 Å². The van der Waals surface area contributed by atoms with Crippen LogP contribution in [0.2, 0.25) is 0 Å². The van der Waals surface area contributed by atoms with Gasteiger partial charge in [-0.15, -0.1) is 0 Å². The van der Waals surface area contributed by atoms with Crippen molar-refractivity contribution in [2.75, 3.05) is 6.54 Å². The summed E-state index contributed by atoms with van der Waals surface area (Å²) < 4.78 is 0.906. The summed E-state index contributed by atoms with van der Waals surface area (Å²) in [6, 6.07) is 19.3. The van der Waals surface area contributed by atoms with E-state index in [1.807, 2.05) is 60.7 Å². The fraction of sp³-hybridized carbons (Fsp3) is 0.111. The van der Waals surface area contributed by atoms with Crippen molar-refractivity contribution >= 4 is 27.9 Å². The molecule has 22 heavy (non-hydrogen) atoms. The molecule has 0 aliphatic heterocycles. The first-order chi connectivity index (χ1) is 10.7. The number of rotatable bonds is 5. The minimum atomic E-state index is -0.349. The molecule has 0 aliphatic carbocycles. The number of hydrogen-bond donors (Lipinski definition) is 1. The first kappa shape index (κ1) is 16.0. The van der Waals surface area contributed by atoms with Crippen LogP contribution in [0.5, 0.6) is 0 Å². The zero-order valence-corrected chi connectivity index (χ0v) is 13.5. The van der Waals surface area contributed by atoms with Crippen molar-refractivity contribution in [2.24, 2.45) is 0 Å². The summed E-state index contributed by atoms with van der Waals surface area (Å²) in [5.74, 6) is -0.349. The fourth-order valence-corrected chi connectivity index (χ4v) is 2.39. The van der Waals surface area contributed by atoms with E-state index in [1.165, 1.54) is 0 Å². The summed E-state index contributed by atoms with van der Waals surface area (Å²) in [7, 11) is 0. The van der Waals surface area contributed by atoms with Gasteiger partial charge in [0.25, 0.3) is 5.91 Å². The molecule has 110 valence electrons. The Morgan fingerprint density at radius 1 is 1.18 bits per heavy atom. The molecule has 0 aliphatic rings. The Morgan fingerprint density at radius 3 is 2.64 bits per heavy atom. The van der Waals surface area contributed by atoms with Gasteiger partial charge in [-0.05, 0) is 35.8 Å². The van der Waals surface area contributed by atoms with E-state index in [4.69, 9.17) is 5.26 Å². The number of carbonyl (C=O) groups is 1. The molecule has 2 rings (SSSR count). The summed E-state index contributed by atoms with van der Waals surface area (Å²) in [6.07, 6.45) is 2.32. The number of carbonyl (C=O) groups excluding carboxylic acids is 1. The van der Waals surface area contributed by atoms with Crippen LogP contribution in [-0.4, -0.2) is 12.5 Å². The van der Waals surface area contributed by atoms with Crippen molar-refractivity contribution in [3.8, 4) is 6.07 Å².